The Morgan fingerprint density at radius 3 is 2.57 bits per heavy atom. The highest BCUT2D eigenvalue weighted by molar-refractivity contribution is 5.74. The molecule has 3 N–H and O–H groups in total. The number of amides is 2. The fraction of sp³-hybridized carbons (Fsp3) is 0.611. The number of aliphatic hydroxyl groups excluding tert-OH is 1. The SMILES string of the molecule is Cc1ccc(CN2CCC(CNC(=O)N[C@@H](C)CO)CC2)cc1. The van der Waals surface area contributed by atoms with Gasteiger partial charge in [0.1, 0.15) is 0 Å². The van der Waals surface area contributed by atoms with Gasteiger partial charge in [0, 0.05) is 13.1 Å². The van der Waals surface area contributed by atoms with E-state index in [-0.39, 0.29) is 18.7 Å². The molecule has 0 saturated carbocycles. The number of hydrogen-bond acceptors (Lipinski definition) is 3. The van der Waals surface area contributed by atoms with Gasteiger partial charge < -0.3 is 15.7 Å². The van der Waals surface area contributed by atoms with Crippen molar-refractivity contribution in [3.8, 4) is 0 Å². The highest BCUT2D eigenvalue weighted by Gasteiger charge is 2.19. The molecule has 0 radical (unpaired) electrons. The highest BCUT2D eigenvalue weighted by atomic mass is 16.3. The first-order valence-corrected chi connectivity index (χ1v) is 8.50. The molecule has 0 bridgehead atoms. The average Bonchev–Trinajstić information content (AvgIpc) is 2.56. The summed E-state index contributed by atoms with van der Waals surface area (Å²) in [6, 6.07) is 8.35. The number of carbonyl (C=O) groups is 1. The molecule has 1 saturated heterocycles. The predicted octanol–water partition coefficient (Wildman–Crippen LogP) is 1.89. The van der Waals surface area contributed by atoms with Gasteiger partial charge in [0.2, 0.25) is 0 Å². The second kappa shape index (κ2) is 8.89. The fourth-order valence-corrected chi connectivity index (χ4v) is 2.86. The Kier molecular flexibility index (Phi) is 6.86. The van der Waals surface area contributed by atoms with Gasteiger partial charge >= 0.3 is 6.03 Å². The molecule has 0 aromatic heterocycles. The molecule has 1 atom stereocenters. The molecule has 1 aliphatic rings. The molecule has 0 unspecified atom stereocenters. The van der Waals surface area contributed by atoms with Crippen LogP contribution >= 0.6 is 0 Å². The van der Waals surface area contributed by atoms with Crippen LogP contribution in [0.3, 0.4) is 0 Å². The molecule has 0 aliphatic carbocycles. The lowest BCUT2D eigenvalue weighted by atomic mass is 9.96. The number of nitrogens with one attached hydrogen (secondary N) is 2. The minimum Gasteiger partial charge on any atom is -0.394 e. The molecule has 0 spiro atoms. The van der Waals surface area contributed by atoms with E-state index in [0.717, 1.165) is 32.5 Å². The second-order valence-electron chi connectivity index (χ2n) is 6.64. The van der Waals surface area contributed by atoms with Gasteiger partial charge in [-0.15, -0.1) is 0 Å². The first-order valence-electron chi connectivity index (χ1n) is 8.50. The van der Waals surface area contributed by atoms with Gasteiger partial charge in [-0.05, 0) is 51.3 Å². The molecule has 23 heavy (non-hydrogen) atoms. The van der Waals surface area contributed by atoms with Crippen molar-refractivity contribution in [2.45, 2.75) is 39.3 Å². The van der Waals surface area contributed by atoms with Crippen LogP contribution in [-0.2, 0) is 6.54 Å². The van der Waals surface area contributed by atoms with Crippen LogP contribution in [0.15, 0.2) is 24.3 Å². The van der Waals surface area contributed by atoms with Crippen molar-refractivity contribution in [1.29, 1.82) is 0 Å². The maximum atomic E-state index is 11.6. The van der Waals surface area contributed by atoms with Crippen LogP contribution in [-0.4, -0.2) is 48.3 Å². The number of nitrogens with zero attached hydrogens (tertiary/aromatic N) is 1. The summed E-state index contributed by atoms with van der Waals surface area (Å²) < 4.78 is 0. The maximum Gasteiger partial charge on any atom is 0.315 e. The number of hydrogen-bond donors (Lipinski definition) is 3. The monoisotopic (exact) mass is 319 g/mol. The summed E-state index contributed by atoms with van der Waals surface area (Å²) in [7, 11) is 0. The standard InChI is InChI=1S/C18H29N3O2/c1-14-3-5-17(6-4-14)12-21-9-7-16(8-10-21)11-19-18(23)20-15(2)13-22/h3-6,15-16,22H,7-13H2,1-2H3,(H2,19,20,23)/t15-/m0/s1. The zero-order valence-electron chi connectivity index (χ0n) is 14.2. The van der Waals surface area contributed by atoms with E-state index in [2.05, 4.69) is 46.7 Å². The zero-order valence-corrected chi connectivity index (χ0v) is 14.2. The molecule has 2 amide bonds. The lowest BCUT2D eigenvalue weighted by Crippen LogP contribution is -2.45. The fourth-order valence-electron chi connectivity index (χ4n) is 2.86. The summed E-state index contributed by atoms with van der Waals surface area (Å²) in [5.41, 5.74) is 2.66. The van der Waals surface area contributed by atoms with Crippen LogP contribution < -0.4 is 10.6 Å². The number of piperidine rings is 1. The first kappa shape index (κ1) is 17.8. The summed E-state index contributed by atoms with van der Waals surface area (Å²) >= 11 is 0. The number of rotatable bonds is 6. The van der Waals surface area contributed by atoms with E-state index in [1.807, 2.05) is 0 Å². The van der Waals surface area contributed by atoms with Crippen molar-refractivity contribution in [3.05, 3.63) is 35.4 Å². The topological polar surface area (TPSA) is 64.6 Å². The molecular formula is C18H29N3O2. The minimum atomic E-state index is -0.202. The predicted molar refractivity (Wildman–Crippen MR) is 92.3 cm³/mol. The largest absolute Gasteiger partial charge is 0.394 e. The van der Waals surface area contributed by atoms with E-state index >= 15 is 0 Å². The Bertz CT molecular complexity index is 482. The average molecular weight is 319 g/mol. The van der Waals surface area contributed by atoms with Crippen LogP contribution in [0.25, 0.3) is 0 Å². The van der Waals surface area contributed by atoms with E-state index in [9.17, 15) is 4.79 Å². The Morgan fingerprint density at radius 1 is 1.30 bits per heavy atom. The Morgan fingerprint density at radius 2 is 1.96 bits per heavy atom. The number of benzene rings is 1. The third-order valence-corrected chi connectivity index (χ3v) is 4.44. The van der Waals surface area contributed by atoms with E-state index < -0.39 is 0 Å². The summed E-state index contributed by atoms with van der Waals surface area (Å²) in [6.45, 7) is 7.73. The van der Waals surface area contributed by atoms with Crippen molar-refractivity contribution in [2.24, 2.45) is 5.92 Å². The Hall–Kier alpha value is -1.59. The molecule has 1 heterocycles. The van der Waals surface area contributed by atoms with Crippen molar-refractivity contribution < 1.29 is 9.90 Å². The van der Waals surface area contributed by atoms with E-state index in [4.69, 9.17) is 5.11 Å². The first-order chi connectivity index (χ1) is 11.1. The van der Waals surface area contributed by atoms with E-state index in [0.29, 0.717) is 12.5 Å². The van der Waals surface area contributed by atoms with E-state index in [1.54, 1.807) is 6.92 Å². The molecule has 1 fully saturated rings. The van der Waals surface area contributed by atoms with Gasteiger partial charge in [-0.3, -0.25) is 4.90 Å². The normalized spacial score (nSPS) is 17.7. The van der Waals surface area contributed by atoms with Gasteiger partial charge in [0.25, 0.3) is 0 Å². The quantitative estimate of drug-likeness (QED) is 0.750. The number of aliphatic hydroxyl groups is 1. The van der Waals surface area contributed by atoms with Crippen LogP contribution in [0.5, 0.6) is 0 Å². The van der Waals surface area contributed by atoms with Gasteiger partial charge in [-0.1, -0.05) is 29.8 Å². The zero-order chi connectivity index (χ0) is 16.7. The van der Waals surface area contributed by atoms with Crippen LogP contribution in [0, 0.1) is 12.8 Å². The highest BCUT2D eigenvalue weighted by Crippen LogP contribution is 2.18. The van der Waals surface area contributed by atoms with Gasteiger partial charge in [0.05, 0.1) is 12.6 Å². The second-order valence-corrected chi connectivity index (χ2v) is 6.64. The van der Waals surface area contributed by atoms with Crippen molar-refractivity contribution in [2.75, 3.05) is 26.2 Å². The molecule has 1 aliphatic heterocycles. The van der Waals surface area contributed by atoms with Gasteiger partial charge in [-0.25, -0.2) is 4.79 Å². The molecule has 128 valence electrons. The molecule has 5 nitrogen and oxygen atoms in total. The summed E-state index contributed by atoms with van der Waals surface area (Å²) in [5.74, 6) is 0.541. The van der Waals surface area contributed by atoms with Gasteiger partial charge in [0.15, 0.2) is 0 Å². The van der Waals surface area contributed by atoms with Crippen LogP contribution in [0.2, 0.25) is 0 Å². The molecular weight excluding hydrogens is 290 g/mol. The van der Waals surface area contributed by atoms with Crippen LogP contribution in [0.1, 0.15) is 30.9 Å². The smallest absolute Gasteiger partial charge is 0.315 e. The van der Waals surface area contributed by atoms with Gasteiger partial charge in [-0.2, -0.15) is 0 Å². The molecule has 5 heteroatoms. The summed E-state index contributed by atoms with van der Waals surface area (Å²) in [5, 5.41) is 14.5. The molecule has 2 rings (SSSR count). The lowest BCUT2D eigenvalue weighted by Gasteiger charge is -2.32. The number of aryl methyl sites for hydroxylation is 1. The summed E-state index contributed by atoms with van der Waals surface area (Å²) in [6.07, 6.45) is 2.23. The van der Waals surface area contributed by atoms with Crippen molar-refractivity contribution in [1.82, 2.24) is 15.5 Å². The van der Waals surface area contributed by atoms with Crippen LogP contribution in [0.4, 0.5) is 4.79 Å². The van der Waals surface area contributed by atoms with E-state index in [1.165, 1.54) is 11.1 Å². The number of carbonyl (C=O) groups excluding carboxylic acids is 1. The third-order valence-electron chi connectivity index (χ3n) is 4.44. The molecule has 1 aromatic rings. The van der Waals surface area contributed by atoms with Crippen molar-refractivity contribution >= 4 is 6.03 Å². The molecule has 1 aromatic carbocycles. The Labute approximate surface area is 139 Å². The minimum absolute atomic E-state index is 0.0369. The van der Waals surface area contributed by atoms with Crippen molar-refractivity contribution in [3.63, 3.8) is 0 Å². The third kappa shape index (κ3) is 6.20. The number of urea groups is 1. The summed E-state index contributed by atoms with van der Waals surface area (Å²) in [4.78, 5) is 14.1. The lowest BCUT2D eigenvalue weighted by molar-refractivity contribution is 0.174. The maximum absolute atomic E-state index is 11.6. The number of likely N-dealkylation sites (tertiary alicyclic amines) is 1. The Balaban J connectivity index is 1.65.